The molecule has 0 aliphatic carbocycles. The molecule has 78 valence electrons. The molecule has 3 nitrogen and oxygen atoms in total. The van der Waals surface area contributed by atoms with Gasteiger partial charge in [-0.05, 0) is 12.8 Å². The molecule has 13 heavy (non-hydrogen) atoms. The summed E-state index contributed by atoms with van der Waals surface area (Å²) in [5.41, 5.74) is 0. The number of likely N-dealkylation sites (tertiary alicyclic amines) is 1. The molecule has 0 amide bonds. The third kappa shape index (κ3) is 3.63. The van der Waals surface area contributed by atoms with Crippen molar-refractivity contribution >= 4 is 0 Å². The summed E-state index contributed by atoms with van der Waals surface area (Å²) in [7, 11) is 1.76. The Kier molecular flexibility index (Phi) is 4.70. The van der Waals surface area contributed by atoms with Gasteiger partial charge >= 0.3 is 0 Å². The van der Waals surface area contributed by atoms with E-state index < -0.39 is 0 Å². The van der Waals surface area contributed by atoms with Crippen LogP contribution in [0.25, 0.3) is 0 Å². The van der Waals surface area contributed by atoms with Crippen LogP contribution in [0.3, 0.4) is 0 Å². The zero-order valence-electron chi connectivity index (χ0n) is 8.70. The molecule has 1 saturated heterocycles. The number of aliphatic hydroxyl groups excluding tert-OH is 1. The summed E-state index contributed by atoms with van der Waals surface area (Å²) in [6.07, 6.45) is 3.31. The molecule has 3 heteroatoms. The van der Waals surface area contributed by atoms with Crippen molar-refractivity contribution in [3.05, 3.63) is 0 Å². The van der Waals surface area contributed by atoms with Crippen molar-refractivity contribution in [2.45, 2.75) is 38.4 Å². The van der Waals surface area contributed by atoms with E-state index in [0.717, 1.165) is 38.9 Å². The summed E-state index contributed by atoms with van der Waals surface area (Å²) in [4.78, 5) is 2.29. The molecule has 0 aromatic heterocycles. The minimum absolute atomic E-state index is 0.152. The molecule has 0 saturated carbocycles. The molecule has 2 atom stereocenters. The fourth-order valence-corrected chi connectivity index (χ4v) is 1.88. The minimum Gasteiger partial charge on any atom is -0.392 e. The highest BCUT2D eigenvalue weighted by Gasteiger charge is 2.23. The second kappa shape index (κ2) is 5.58. The molecular formula is C10H21NO2. The highest BCUT2D eigenvalue weighted by Crippen LogP contribution is 2.12. The van der Waals surface area contributed by atoms with Gasteiger partial charge in [0, 0.05) is 26.7 Å². The summed E-state index contributed by atoms with van der Waals surface area (Å²) in [6.45, 7) is 4.97. The van der Waals surface area contributed by atoms with Crippen LogP contribution in [0.2, 0.25) is 0 Å². The van der Waals surface area contributed by atoms with Gasteiger partial charge < -0.3 is 9.84 Å². The number of aliphatic hydroxyl groups is 1. The standard InChI is InChI=1S/C10H21NO2/c1-3-4-9(12)7-11-6-5-10(8-11)13-2/h9-10,12H,3-8H2,1-2H3. The lowest BCUT2D eigenvalue weighted by Gasteiger charge is -2.19. The average Bonchev–Trinajstić information content (AvgIpc) is 2.52. The molecule has 1 fully saturated rings. The van der Waals surface area contributed by atoms with Crippen LogP contribution in [0.5, 0.6) is 0 Å². The Morgan fingerprint density at radius 2 is 2.38 bits per heavy atom. The Labute approximate surface area is 80.7 Å². The largest absolute Gasteiger partial charge is 0.392 e. The third-order valence-corrected chi connectivity index (χ3v) is 2.65. The van der Waals surface area contributed by atoms with E-state index in [9.17, 15) is 5.11 Å². The normalized spacial score (nSPS) is 26.5. The molecule has 1 rings (SSSR count). The number of methoxy groups -OCH3 is 1. The van der Waals surface area contributed by atoms with Gasteiger partial charge in [-0.3, -0.25) is 4.90 Å². The van der Waals surface area contributed by atoms with Crippen molar-refractivity contribution in [1.29, 1.82) is 0 Å². The molecule has 2 unspecified atom stereocenters. The van der Waals surface area contributed by atoms with Gasteiger partial charge in [0.15, 0.2) is 0 Å². The molecule has 0 aromatic carbocycles. The SMILES string of the molecule is CCCC(O)CN1CCC(OC)C1. The molecule has 1 heterocycles. The van der Waals surface area contributed by atoms with Crippen LogP contribution in [0, 0.1) is 0 Å². The number of β-amino-alcohol motifs (C(OH)–C–C–N with tert-alkyl or cyclic N) is 1. The van der Waals surface area contributed by atoms with E-state index in [1.807, 2.05) is 0 Å². The highest BCUT2D eigenvalue weighted by molar-refractivity contribution is 4.77. The molecular weight excluding hydrogens is 166 g/mol. The summed E-state index contributed by atoms with van der Waals surface area (Å²) in [6, 6.07) is 0. The van der Waals surface area contributed by atoms with Gasteiger partial charge in [0.25, 0.3) is 0 Å². The van der Waals surface area contributed by atoms with Crippen LogP contribution in [0.1, 0.15) is 26.2 Å². The van der Waals surface area contributed by atoms with E-state index in [1.165, 1.54) is 0 Å². The fourth-order valence-electron chi connectivity index (χ4n) is 1.88. The first-order valence-corrected chi connectivity index (χ1v) is 5.19. The first-order valence-electron chi connectivity index (χ1n) is 5.19. The van der Waals surface area contributed by atoms with Gasteiger partial charge in [0.05, 0.1) is 12.2 Å². The summed E-state index contributed by atoms with van der Waals surface area (Å²) >= 11 is 0. The first-order chi connectivity index (χ1) is 6.26. The van der Waals surface area contributed by atoms with E-state index in [1.54, 1.807) is 7.11 Å². The maximum atomic E-state index is 9.59. The molecule has 1 aliphatic heterocycles. The quantitative estimate of drug-likeness (QED) is 0.693. The fraction of sp³-hybridized carbons (Fsp3) is 1.00. The zero-order chi connectivity index (χ0) is 9.68. The maximum Gasteiger partial charge on any atom is 0.0710 e. The molecule has 0 spiro atoms. The summed E-state index contributed by atoms with van der Waals surface area (Å²) in [5.74, 6) is 0. The smallest absolute Gasteiger partial charge is 0.0710 e. The molecule has 0 aromatic rings. The lowest BCUT2D eigenvalue weighted by atomic mass is 10.2. The van der Waals surface area contributed by atoms with Gasteiger partial charge in [0.1, 0.15) is 0 Å². The van der Waals surface area contributed by atoms with Crippen molar-refractivity contribution in [3.63, 3.8) is 0 Å². The Hall–Kier alpha value is -0.120. The van der Waals surface area contributed by atoms with E-state index in [-0.39, 0.29) is 6.10 Å². The number of hydrogen-bond donors (Lipinski definition) is 1. The minimum atomic E-state index is -0.152. The van der Waals surface area contributed by atoms with Crippen molar-refractivity contribution in [3.8, 4) is 0 Å². The topological polar surface area (TPSA) is 32.7 Å². The van der Waals surface area contributed by atoms with E-state index in [4.69, 9.17) is 4.74 Å². The first kappa shape index (κ1) is 11.0. The van der Waals surface area contributed by atoms with Crippen LogP contribution in [0.4, 0.5) is 0 Å². The molecule has 0 radical (unpaired) electrons. The van der Waals surface area contributed by atoms with Crippen molar-refractivity contribution < 1.29 is 9.84 Å². The lowest BCUT2D eigenvalue weighted by molar-refractivity contribution is 0.0866. The zero-order valence-corrected chi connectivity index (χ0v) is 8.70. The number of ether oxygens (including phenoxy) is 1. The van der Waals surface area contributed by atoms with E-state index in [0.29, 0.717) is 6.10 Å². The molecule has 1 N–H and O–H groups in total. The highest BCUT2D eigenvalue weighted by atomic mass is 16.5. The van der Waals surface area contributed by atoms with Crippen LogP contribution in [0.15, 0.2) is 0 Å². The predicted octanol–water partition coefficient (Wildman–Crippen LogP) is 0.868. The number of nitrogens with zero attached hydrogens (tertiary/aromatic N) is 1. The average molecular weight is 187 g/mol. The van der Waals surface area contributed by atoms with Gasteiger partial charge in [-0.15, -0.1) is 0 Å². The third-order valence-electron chi connectivity index (χ3n) is 2.65. The second-order valence-electron chi connectivity index (χ2n) is 3.85. The van der Waals surface area contributed by atoms with Crippen LogP contribution < -0.4 is 0 Å². The number of rotatable bonds is 5. The van der Waals surface area contributed by atoms with Crippen molar-refractivity contribution in [2.24, 2.45) is 0 Å². The second-order valence-corrected chi connectivity index (χ2v) is 3.85. The van der Waals surface area contributed by atoms with Crippen LogP contribution >= 0.6 is 0 Å². The Balaban J connectivity index is 2.16. The molecule has 1 aliphatic rings. The summed E-state index contributed by atoms with van der Waals surface area (Å²) < 4.78 is 5.26. The maximum absolute atomic E-state index is 9.59. The van der Waals surface area contributed by atoms with Gasteiger partial charge in [-0.25, -0.2) is 0 Å². The van der Waals surface area contributed by atoms with E-state index >= 15 is 0 Å². The van der Waals surface area contributed by atoms with Gasteiger partial charge in [-0.1, -0.05) is 13.3 Å². The van der Waals surface area contributed by atoms with Crippen molar-refractivity contribution in [1.82, 2.24) is 4.90 Å². The van der Waals surface area contributed by atoms with Gasteiger partial charge in [0.2, 0.25) is 0 Å². The Morgan fingerprint density at radius 3 is 2.92 bits per heavy atom. The molecule has 0 bridgehead atoms. The predicted molar refractivity (Wildman–Crippen MR) is 52.8 cm³/mol. The summed E-state index contributed by atoms with van der Waals surface area (Å²) in [5, 5.41) is 9.59. The van der Waals surface area contributed by atoms with Crippen molar-refractivity contribution in [2.75, 3.05) is 26.7 Å². The Morgan fingerprint density at radius 1 is 1.62 bits per heavy atom. The van der Waals surface area contributed by atoms with Crippen LogP contribution in [-0.2, 0) is 4.74 Å². The van der Waals surface area contributed by atoms with E-state index in [2.05, 4.69) is 11.8 Å². The monoisotopic (exact) mass is 187 g/mol. The van der Waals surface area contributed by atoms with Gasteiger partial charge in [-0.2, -0.15) is 0 Å². The Bertz CT molecular complexity index is 141. The lowest BCUT2D eigenvalue weighted by Crippen LogP contribution is -2.31. The van der Waals surface area contributed by atoms with Crippen LogP contribution in [-0.4, -0.2) is 49.0 Å². The number of hydrogen-bond acceptors (Lipinski definition) is 3.